The molecule has 2 aromatic rings. The molecule has 0 atom stereocenters. The summed E-state index contributed by atoms with van der Waals surface area (Å²) < 4.78 is 33.0. The van der Waals surface area contributed by atoms with Crippen LogP contribution in [0.5, 0.6) is 11.5 Å². The number of benzene rings is 2. The Hall–Kier alpha value is -1.53. The molecule has 2 nitrogen and oxygen atoms in total. The van der Waals surface area contributed by atoms with E-state index < -0.39 is 11.6 Å². The van der Waals surface area contributed by atoms with E-state index >= 15 is 0 Å². The predicted octanol–water partition coefficient (Wildman–Crippen LogP) is 4.46. The molecule has 2 N–H and O–H groups in total. The number of nitrogens with two attached hydrogens (primary N) is 1. The van der Waals surface area contributed by atoms with Crippen LogP contribution in [0.1, 0.15) is 11.1 Å². The number of rotatable bonds is 3. The van der Waals surface area contributed by atoms with Gasteiger partial charge in [-0.15, -0.1) is 0 Å². The van der Waals surface area contributed by atoms with Gasteiger partial charge in [0.2, 0.25) is 0 Å². The molecule has 0 aliphatic carbocycles. The highest BCUT2D eigenvalue weighted by Gasteiger charge is 2.14. The summed E-state index contributed by atoms with van der Waals surface area (Å²) in [7, 11) is 0. The van der Waals surface area contributed by atoms with E-state index in [2.05, 4.69) is 15.9 Å². The lowest BCUT2D eigenvalue weighted by Gasteiger charge is -2.10. The fourth-order valence-electron chi connectivity index (χ4n) is 1.56. The van der Waals surface area contributed by atoms with Crippen molar-refractivity contribution in [3.8, 4) is 11.5 Å². The van der Waals surface area contributed by atoms with Crippen molar-refractivity contribution in [2.45, 2.75) is 6.92 Å². The molecule has 0 spiro atoms. The van der Waals surface area contributed by atoms with E-state index in [9.17, 15) is 8.78 Å². The van der Waals surface area contributed by atoms with Gasteiger partial charge in [-0.25, -0.2) is 8.78 Å². The van der Waals surface area contributed by atoms with Gasteiger partial charge >= 0.3 is 0 Å². The van der Waals surface area contributed by atoms with Crippen LogP contribution in [-0.4, -0.2) is 4.99 Å². The first-order valence-electron chi connectivity index (χ1n) is 5.62. The van der Waals surface area contributed by atoms with Crippen LogP contribution in [-0.2, 0) is 0 Å². The number of ether oxygens (including phenoxy) is 1. The van der Waals surface area contributed by atoms with Crippen LogP contribution < -0.4 is 10.5 Å². The molecule has 0 aliphatic heterocycles. The molecule has 0 saturated carbocycles. The summed E-state index contributed by atoms with van der Waals surface area (Å²) in [5.74, 6) is -0.889. The maximum atomic E-state index is 14.1. The summed E-state index contributed by atoms with van der Waals surface area (Å²) in [6.07, 6.45) is 0. The van der Waals surface area contributed by atoms with Gasteiger partial charge in [-0.3, -0.25) is 0 Å². The topological polar surface area (TPSA) is 35.2 Å². The third-order valence-corrected chi connectivity index (χ3v) is 3.68. The highest BCUT2D eigenvalue weighted by Crippen LogP contribution is 2.32. The van der Waals surface area contributed by atoms with Gasteiger partial charge in [0.05, 0.1) is 4.47 Å². The van der Waals surface area contributed by atoms with E-state index in [0.717, 1.165) is 0 Å². The Morgan fingerprint density at radius 2 is 1.95 bits per heavy atom. The molecular formula is C14H10BrF2NOS. The molecule has 0 fully saturated rings. The summed E-state index contributed by atoms with van der Waals surface area (Å²) in [4.78, 5) is 0.0729. The van der Waals surface area contributed by atoms with Crippen LogP contribution in [0.3, 0.4) is 0 Å². The smallest absolute Gasteiger partial charge is 0.180 e. The van der Waals surface area contributed by atoms with E-state index in [-0.39, 0.29) is 21.0 Å². The minimum atomic E-state index is -0.642. The predicted molar refractivity (Wildman–Crippen MR) is 81.2 cm³/mol. The largest absolute Gasteiger partial charge is 0.454 e. The summed E-state index contributed by atoms with van der Waals surface area (Å²) >= 11 is 7.88. The molecule has 2 rings (SSSR count). The second-order valence-corrected chi connectivity index (χ2v) is 5.35. The highest BCUT2D eigenvalue weighted by atomic mass is 79.9. The van der Waals surface area contributed by atoms with Gasteiger partial charge in [-0.2, -0.15) is 0 Å². The van der Waals surface area contributed by atoms with Crippen LogP contribution in [0.15, 0.2) is 34.8 Å². The van der Waals surface area contributed by atoms with Gasteiger partial charge in [-0.05, 0) is 46.6 Å². The molecule has 6 heteroatoms. The Bertz CT molecular complexity index is 691. The lowest BCUT2D eigenvalue weighted by Crippen LogP contribution is -2.11. The maximum absolute atomic E-state index is 14.1. The van der Waals surface area contributed by atoms with Gasteiger partial charge in [-0.1, -0.05) is 18.3 Å². The zero-order valence-corrected chi connectivity index (χ0v) is 12.8. The van der Waals surface area contributed by atoms with Crippen LogP contribution in [0.25, 0.3) is 0 Å². The first kappa shape index (κ1) is 14.9. The van der Waals surface area contributed by atoms with E-state index in [1.807, 2.05) is 0 Å². The van der Waals surface area contributed by atoms with Crippen LogP contribution in [0.2, 0.25) is 0 Å². The lowest BCUT2D eigenvalue weighted by molar-refractivity contribution is 0.436. The average molecular weight is 358 g/mol. The molecule has 0 amide bonds. The normalized spacial score (nSPS) is 10.4. The Morgan fingerprint density at radius 3 is 2.55 bits per heavy atom. The van der Waals surface area contributed by atoms with Gasteiger partial charge in [0.25, 0.3) is 0 Å². The van der Waals surface area contributed by atoms with Gasteiger partial charge in [0.15, 0.2) is 11.6 Å². The average Bonchev–Trinajstić information content (AvgIpc) is 2.39. The van der Waals surface area contributed by atoms with E-state index in [1.54, 1.807) is 19.1 Å². The van der Waals surface area contributed by atoms with Gasteiger partial charge in [0, 0.05) is 11.6 Å². The van der Waals surface area contributed by atoms with Crippen molar-refractivity contribution in [1.82, 2.24) is 0 Å². The van der Waals surface area contributed by atoms with Crippen molar-refractivity contribution in [2.24, 2.45) is 5.73 Å². The number of hydrogen-bond donors (Lipinski definition) is 1. The Morgan fingerprint density at radius 1 is 1.25 bits per heavy atom. The fourth-order valence-corrected chi connectivity index (χ4v) is 2.41. The third-order valence-electron chi connectivity index (χ3n) is 2.68. The minimum Gasteiger partial charge on any atom is -0.454 e. The second kappa shape index (κ2) is 5.85. The number of thiocarbonyl (C=S) groups is 1. The maximum Gasteiger partial charge on any atom is 0.180 e. The molecule has 0 saturated heterocycles. The van der Waals surface area contributed by atoms with Gasteiger partial charge < -0.3 is 10.5 Å². The molecular weight excluding hydrogens is 348 g/mol. The second-order valence-electron chi connectivity index (χ2n) is 4.12. The first-order valence-corrected chi connectivity index (χ1v) is 6.82. The molecule has 20 heavy (non-hydrogen) atoms. The Kier molecular flexibility index (Phi) is 4.35. The fraction of sp³-hybridized carbons (Fsp3) is 0.0714. The number of hydrogen-bond acceptors (Lipinski definition) is 2. The molecule has 0 heterocycles. The van der Waals surface area contributed by atoms with E-state index in [4.69, 9.17) is 22.7 Å². The monoisotopic (exact) mass is 357 g/mol. The Labute approximate surface area is 128 Å². The standard InChI is InChI=1S/C14H10BrF2NOS/c1-7-2-3-8(6-10(7)16)19-11-5-4-9(14(18)20)12(15)13(11)17/h2-6H,1H3,(H2,18,20). The first-order chi connectivity index (χ1) is 9.40. The van der Waals surface area contributed by atoms with Gasteiger partial charge in [0.1, 0.15) is 16.6 Å². The summed E-state index contributed by atoms with van der Waals surface area (Å²) in [6.45, 7) is 1.63. The van der Waals surface area contributed by atoms with Crippen molar-refractivity contribution >= 4 is 33.1 Å². The summed E-state index contributed by atoms with van der Waals surface area (Å²) in [6, 6.07) is 7.25. The van der Waals surface area contributed by atoms with Crippen molar-refractivity contribution in [3.63, 3.8) is 0 Å². The molecule has 0 aromatic heterocycles. The SMILES string of the molecule is Cc1ccc(Oc2ccc(C(N)=S)c(Br)c2F)cc1F. The van der Waals surface area contributed by atoms with Crippen LogP contribution >= 0.6 is 28.1 Å². The van der Waals surface area contributed by atoms with Crippen molar-refractivity contribution in [3.05, 3.63) is 57.6 Å². The zero-order valence-electron chi connectivity index (χ0n) is 10.4. The third kappa shape index (κ3) is 2.96. The molecule has 0 aliphatic rings. The zero-order chi connectivity index (χ0) is 14.9. The highest BCUT2D eigenvalue weighted by molar-refractivity contribution is 9.10. The quantitative estimate of drug-likeness (QED) is 0.823. The Balaban J connectivity index is 2.37. The molecule has 0 bridgehead atoms. The number of halogens is 3. The van der Waals surface area contributed by atoms with Crippen LogP contribution in [0.4, 0.5) is 8.78 Å². The van der Waals surface area contributed by atoms with Crippen molar-refractivity contribution in [2.75, 3.05) is 0 Å². The molecule has 0 radical (unpaired) electrons. The van der Waals surface area contributed by atoms with Crippen molar-refractivity contribution in [1.29, 1.82) is 0 Å². The lowest BCUT2D eigenvalue weighted by atomic mass is 10.2. The molecule has 2 aromatic carbocycles. The van der Waals surface area contributed by atoms with E-state index in [0.29, 0.717) is 11.1 Å². The minimum absolute atomic E-state index is 0.0415. The van der Waals surface area contributed by atoms with Crippen LogP contribution in [0, 0.1) is 18.6 Å². The number of aryl methyl sites for hydroxylation is 1. The van der Waals surface area contributed by atoms with E-state index in [1.165, 1.54) is 18.2 Å². The summed E-state index contributed by atoms with van der Waals surface area (Å²) in [5, 5.41) is 0. The van der Waals surface area contributed by atoms with Crippen molar-refractivity contribution < 1.29 is 13.5 Å². The molecule has 104 valence electrons. The molecule has 0 unspecified atom stereocenters. The summed E-state index contributed by atoms with van der Waals surface area (Å²) in [5.41, 5.74) is 6.33.